The maximum Gasteiger partial charge on any atom is 0.0779 e. The van der Waals surface area contributed by atoms with E-state index in [0.29, 0.717) is 5.41 Å². The molecule has 0 amide bonds. The minimum Gasteiger partial charge on any atom is -0.107 e. The smallest absolute Gasteiger partial charge is 0.0779 e. The Morgan fingerprint density at radius 1 is 0.875 bits per heavy atom. The van der Waals surface area contributed by atoms with Crippen molar-refractivity contribution in [1.82, 2.24) is 0 Å². The molecule has 0 spiro atoms. The van der Waals surface area contributed by atoms with E-state index in [4.69, 9.17) is 0 Å². The Bertz CT molecular complexity index is 653. The van der Waals surface area contributed by atoms with Crippen LogP contribution in [0, 0.1) is 40.9 Å². The molecule has 0 unspecified atom stereocenters. The highest BCUT2D eigenvalue weighted by Gasteiger charge is 2.69. The van der Waals surface area contributed by atoms with Crippen LogP contribution < -0.4 is 5.19 Å². The van der Waals surface area contributed by atoms with Crippen molar-refractivity contribution in [3.05, 3.63) is 42.1 Å². The highest BCUT2D eigenvalue weighted by Crippen LogP contribution is 2.76. The first kappa shape index (κ1) is 14.4. The lowest BCUT2D eigenvalue weighted by atomic mass is 9.30. The maximum absolute atomic E-state index is 4.08. The van der Waals surface area contributed by atoms with Gasteiger partial charge in [-0.25, -0.2) is 0 Å². The van der Waals surface area contributed by atoms with Gasteiger partial charge in [0.2, 0.25) is 0 Å². The average molecular weight is 335 g/mol. The Morgan fingerprint density at radius 3 is 1.92 bits per heavy atom. The summed E-state index contributed by atoms with van der Waals surface area (Å²) in [5, 5.41) is 1.71. The monoisotopic (exact) mass is 334 g/mol. The van der Waals surface area contributed by atoms with Crippen molar-refractivity contribution in [2.45, 2.75) is 50.9 Å². The van der Waals surface area contributed by atoms with Crippen molar-refractivity contribution in [3.8, 4) is 0 Å². The van der Waals surface area contributed by atoms with Crippen molar-refractivity contribution < 1.29 is 0 Å². The highest BCUT2D eigenvalue weighted by atomic mass is 28.2. The summed E-state index contributed by atoms with van der Waals surface area (Å²) < 4.78 is 0. The normalized spacial score (nSPS) is 53.4. The van der Waals surface area contributed by atoms with Gasteiger partial charge in [0.1, 0.15) is 0 Å². The summed E-state index contributed by atoms with van der Waals surface area (Å²) in [7, 11) is -0.282. The molecule has 0 saturated heterocycles. The average Bonchev–Trinajstić information content (AvgIpc) is 2.59. The van der Waals surface area contributed by atoms with Gasteiger partial charge in [0.05, 0.1) is 9.52 Å². The second-order valence-corrected chi connectivity index (χ2v) is 12.2. The molecule has 8 bridgehead atoms. The first-order valence-corrected chi connectivity index (χ1v) is 11.8. The lowest BCUT2D eigenvalue weighted by Crippen LogP contribution is -2.68. The van der Waals surface area contributed by atoms with Crippen LogP contribution in [0.25, 0.3) is 0 Å². The van der Waals surface area contributed by atoms with Crippen LogP contribution in [0.5, 0.6) is 0 Å². The molecule has 0 aliphatic heterocycles. The number of hydrogen-bond donors (Lipinski definition) is 0. The molecule has 0 nitrogen and oxygen atoms in total. The largest absolute Gasteiger partial charge is 0.107 e. The van der Waals surface area contributed by atoms with Crippen LogP contribution in [0.4, 0.5) is 0 Å². The van der Waals surface area contributed by atoms with E-state index in [0.717, 1.165) is 40.9 Å². The molecule has 7 aliphatic carbocycles. The zero-order chi connectivity index (χ0) is 16.1. The molecular formula is C23H30Si. The molecule has 7 saturated carbocycles. The number of hydrogen-bond acceptors (Lipinski definition) is 0. The predicted octanol–water partition coefficient (Wildman–Crippen LogP) is 3.97. The zero-order valence-corrected chi connectivity index (χ0v) is 16.4. The topological polar surface area (TPSA) is 0 Å². The summed E-state index contributed by atoms with van der Waals surface area (Å²) in [4.78, 5) is 0. The van der Waals surface area contributed by atoms with Crippen LogP contribution in [-0.2, 0) is 5.41 Å². The van der Waals surface area contributed by atoms with Crippen molar-refractivity contribution in [1.29, 1.82) is 0 Å². The van der Waals surface area contributed by atoms with Crippen molar-refractivity contribution in [2.75, 3.05) is 0 Å². The van der Waals surface area contributed by atoms with Gasteiger partial charge in [0.25, 0.3) is 0 Å². The first-order chi connectivity index (χ1) is 11.6. The van der Waals surface area contributed by atoms with Crippen LogP contribution >= 0.6 is 0 Å². The summed E-state index contributed by atoms with van der Waals surface area (Å²) in [5.41, 5.74) is 5.30. The lowest BCUT2D eigenvalue weighted by molar-refractivity contribution is -0.236. The Morgan fingerprint density at radius 2 is 1.38 bits per heavy atom. The van der Waals surface area contributed by atoms with E-state index in [1.807, 2.05) is 0 Å². The summed E-state index contributed by atoms with van der Waals surface area (Å²) in [6.07, 6.45) is 9.30. The SMILES string of the molecule is C=C[SiH2]c1ccccc1C12CC3C4CC5(C)CC3C(C1)C(C5)C4C2. The molecule has 1 aromatic rings. The van der Waals surface area contributed by atoms with Gasteiger partial charge in [0.15, 0.2) is 0 Å². The van der Waals surface area contributed by atoms with Crippen LogP contribution in [0.3, 0.4) is 0 Å². The third kappa shape index (κ3) is 1.61. The second kappa shape index (κ2) is 4.47. The molecular weight excluding hydrogens is 304 g/mol. The van der Waals surface area contributed by atoms with E-state index in [2.05, 4.69) is 43.5 Å². The molecule has 0 atom stereocenters. The summed E-state index contributed by atoms with van der Waals surface area (Å²) in [5.74, 6) is 6.52. The predicted molar refractivity (Wildman–Crippen MR) is 103 cm³/mol. The summed E-state index contributed by atoms with van der Waals surface area (Å²) >= 11 is 0. The lowest BCUT2D eigenvalue weighted by Gasteiger charge is -2.75. The van der Waals surface area contributed by atoms with Gasteiger partial charge < -0.3 is 0 Å². The maximum atomic E-state index is 4.08. The van der Waals surface area contributed by atoms with Gasteiger partial charge in [0, 0.05) is 0 Å². The highest BCUT2D eigenvalue weighted by molar-refractivity contribution is 6.59. The van der Waals surface area contributed by atoms with Crippen LogP contribution in [-0.4, -0.2) is 9.52 Å². The Hall–Kier alpha value is -0.823. The molecule has 8 rings (SSSR count). The van der Waals surface area contributed by atoms with Gasteiger partial charge in [-0.05, 0) is 90.4 Å². The Labute approximate surface area is 148 Å². The molecule has 0 heterocycles. The summed E-state index contributed by atoms with van der Waals surface area (Å²) in [6.45, 7) is 6.71. The van der Waals surface area contributed by atoms with Crippen molar-refractivity contribution in [3.63, 3.8) is 0 Å². The fourth-order valence-electron chi connectivity index (χ4n) is 8.98. The van der Waals surface area contributed by atoms with E-state index in [-0.39, 0.29) is 9.52 Å². The second-order valence-electron chi connectivity index (χ2n) is 10.4. The first-order valence-electron chi connectivity index (χ1n) is 10.3. The van der Waals surface area contributed by atoms with E-state index in [1.54, 1.807) is 30.0 Å². The van der Waals surface area contributed by atoms with E-state index in [1.165, 1.54) is 19.3 Å². The van der Waals surface area contributed by atoms with Gasteiger partial charge in [-0.3, -0.25) is 0 Å². The van der Waals surface area contributed by atoms with Crippen molar-refractivity contribution >= 4 is 14.7 Å². The van der Waals surface area contributed by atoms with Gasteiger partial charge in [-0.2, -0.15) is 0 Å². The fraction of sp³-hybridized carbons (Fsp3) is 0.652. The Kier molecular flexibility index (Phi) is 2.67. The van der Waals surface area contributed by atoms with Crippen LogP contribution in [0.2, 0.25) is 0 Å². The molecule has 0 aromatic heterocycles. The zero-order valence-electron chi connectivity index (χ0n) is 15.0. The van der Waals surface area contributed by atoms with Gasteiger partial charge in [-0.1, -0.05) is 36.4 Å². The summed E-state index contributed by atoms with van der Waals surface area (Å²) in [6, 6.07) is 9.53. The minimum absolute atomic E-state index is 0.282. The van der Waals surface area contributed by atoms with Crippen LogP contribution in [0.15, 0.2) is 36.5 Å². The van der Waals surface area contributed by atoms with Gasteiger partial charge in [-0.15, -0.1) is 12.3 Å². The molecule has 7 fully saturated rings. The molecule has 24 heavy (non-hydrogen) atoms. The molecule has 0 N–H and O–H groups in total. The molecule has 0 radical (unpaired) electrons. The van der Waals surface area contributed by atoms with E-state index >= 15 is 0 Å². The minimum atomic E-state index is -0.282. The van der Waals surface area contributed by atoms with Crippen molar-refractivity contribution in [2.24, 2.45) is 40.9 Å². The van der Waals surface area contributed by atoms with E-state index < -0.39 is 0 Å². The number of rotatable bonds is 3. The van der Waals surface area contributed by atoms with Gasteiger partial charge >= 0.3 is 0 Å². The number of benzene rings is 1. The van der Waals surface area contributed by atoms with E-state index in [9.17, 15) is 0 Å². The molecule has 7 aliphatic rings. The standard InChI is InChI=1S/C23H30Si/c1-3-24-21-7-5-4-6-20(21)23-11-17-14-8-22(2)9-15(17)19(13-23)16(10-22)18(14)12-23/h3-7,14-19H,1,8-13,24H2,2H3. The third-order valence-corrected chi connectivity index (χ3v) is 10.7. The Balaban J connectivity index is 1.46. The molecule has 1 heteroatoms. The molecule has 1 aromatic carbocycles. The van der Waals surface area contributed by atoms with Crippen LogP contribution in [0.1, 0.15) is 51.0 Å². The molecule has 126 valence electrons. The fourth-order valence-corrected chi connectivity index (χ4v) is 10.3. The third-order valence-electron chi connectivity index (χ3n) is 9.32. The quantitative estimate of drug-likeness (QED) is 0.734.